The number of sulfonamides is 1. The first-order valence-corrected chi connectivity index (χ1v) is 8.12. The molecule has 1 aliphatic carbocycles. The van der Waals surface area contributed by atoms with Gasteiger partial charge in [0.1, 0.15) is 0 Å². The molecule has 1 saturated carbocycles. The van der Waals surface area contributed by atoms with E-state index in [1.165, 1.54) is 12.1 Å². The van der Waals surface area contributed by atoms with Gasteiger partial charge in [0.2, 0.25) is 10.0 Å². The highest BCUT2D eigenvalue weighted by molar-refractivity contribution is 7.89. The molecule has 0 bridgehead atoms. The van der Waals surface area contributed by atoms with Crippen LogP contribution in [0.25, 0.3) is 0 Å². The SMILES string of the molecule is O=C(O)N[C@@H]1C[C@H](NS(=O)(=O)c2ccccc2[N+](=O)[O-])[C@@H](O)C1. The normalized spacial score (nSPS) is 24.3. The van der Waals surface area contributed by atoms with Gasteiger partial charge in [-0.25, -0.2) is 17.9 Å². The summed E-state index contributed by atoms with van der Waals surface area (Å²) in [6.45, 7) is 0. The number of para-hydroxylation sites is 1. The average molecular weight is 345 g/mol. The molecule has 126 valence electrons. The van der Waals surface area contributed by atoms with Crippen molar-refractivity contribution in [1.82, 2.24) is 10.0 Å². The Morgan fingerprint density at radius 2 is 1.96 bits per heavy atom. The molecule has 0 radical (unpaired) electrons. The second-order valence-corrected chi connectivity index (χ2v) is 6.82. The predicted molar refractivity (Wildman–Crippen MR) is 77.4 cm³/mol. The molecule has 0 spiro atoms. The molecule has 1 aliphatic rings. The maximum atomic E-state index is 12.3. The Kier molecular flexibility index (Phi) is 4.82. The Bertz CT molecular complexity index is 721. The van der Waals surface area contributed by atoms with Gasteiger partial charge in [-0.1, -0.05) is 12.1 Å². The Hall–Kier alpha value is -2.24. The quantitative estimate of drug-likeness (QED) is 0.433. The van der Waals surface area contributed by atoms with E-state index in [9.17, 15) is 28.4 Å². The Labute approximate surface area is 131 Å². The first kappa shape index (κ1) is 17.1. The highest BCUT2D eigenvalue weighted by Gasteiger charge is 2.38. The summed E-state index contributed by atoms with van der Waals surface area (Å²) >= 11 is 0. The second kappa shape index (κ2) is 6.48. The topological polar surface area (TPSA) is 159 Å². The van der Waals surface area contributed by atoms with Crippen LogP contribution >= 0.6 is 0 Å². The van der Waals surface area contributed by atoms with Crippen molar-refractivity contribution >= 4 is 21.8 Å². The zero-order valence-electron chi connectivity index (χ0n) is 11.7. The monoisotopic (exact) mass is 345 g/mol. The molecule has 0 unspecified atom stereocenters. The van der Waals surface area contributed by atoms with Crippen molar-refractivity contribution in [2.45, 2.75) is 35.9 Å². The van der Waals surface area contributed by atoms with Crippen LogP contribution < -0.4 is 10.0 Å². The summed E-state index contributed by atoms with van der Waals surface area (Å²) in [7, 11) is -4.23. The first-order valence-electron chi connectivity index (χ1n) is 6.64. The third-order valence-electron chi connectivity index (χ3n) is 3.51. The summed E-state index contributed by atoms with van der Waals surface area (Å²) in [5, 5.41) is 31.6. The van der Waals surface area contributed by atoms with Crippen LogP contribution in [0.5, 0.6) is 0 Å². The smallest absolute Gasteiger partial charge is 0.404 e. The van der Waals surface area contributed by atoms with Crippen LogP contribution in [0.1, 0.15) is 12.8 Å². The van der Waals surface area contributed by atoms with E-state index < -0.39 is 49.8 Å². The van der Waals surface area contributed by atoms with Gasteiger partial charge in [-0.05, 0) is 18.9 Å². The van der Waals surface area contributed by atoms with E-state index in [2.05, 4.69) is 10.0 Å². The van der Waals surface area contributed by atoms with Gasteiger partial charge in [-0.15, -0.1) is 0 Å². The third kappa shape index (κ3) is 3.94. The van der Waals surface area contributed by atoms with Gasteiger partial charge in [0, 0.05) is 12.1 Å². The molecule has 0 aromatic heterocycles. The van der Waals surface area contributed by atoms with E-state index in [1.54, 1.807) is 0 Å². The van der Waals surface area contributed by atoms with Crippen molar-refractivity contribution < 1.29 is 28.3 Å². The lowest BCUT2D eigenvalue weighted by Gasteiger charge is -2.16. The van der Waals surface area contributed by atoms with Crippen molar-refractivity contribution in [3.8, 4) is 0 Å². The number of carbonyl (C=O) groups is 1. The summed E-state index contributed by atoms with van der Waals surface area (Å²) < 4.78 is 26.9. The molecule has 11 heteroatoms. The predicted octanol–water partition coefficient (Wildman–Crippen LogP) is 0.0326. The molecule has 4 N–H and O–H groups in total. The molecule has 2 rings (SSSR count). The van der Waals surface area contributed by atoms with Crippen LogP contribution in [0.2, 0.25) is 0 Å². The van der Waals surface area contributed by atoms with Crippen LogP contribution in [-0.2, 0) is 10.0 Å². The molecule has 3 atom stereocenters. The summed E-state index contributed by atoms with van der Waals surface area (Å²) in [4.78, 5) is 20.2. The molecule has 1 aromatic rings. The molecule has 10 nitrogen and oxygen atoms in total. The van der Waals surface area contributed by atoms with Crippen LogP contribution in [-0.4, -0.2) is 47.8 Å². The third-order valence-corrected chi connectivity index (χ3v) is 5.05. The second-order valence-electron chi connectivity index (χ2n) is 5.14. The number of aliphatic hydroxyl groups is 1. The number of benzene rings is 1. The summed E-state index contributed by atoms with van der Waals surface area (Å²) in [6, 6.07) is 3.32. The van der Waals surface area contributed by atoms with Crippen LogP contribution in [0.3, 0.4) is 0 Å². The van der Waals surface area contributed by atoms with Gasteiger partial charge in [-0.3, -0.25) is 10.1 Å². The number of nitro groups is 1. The Balaban J connectivity index is 2.19. The number of hydrogen-bond acceptors (Lipinski definition) is 6. The molecular formula is C12H15N3O7S. The molecule has 0 aliphatic heterocycles. The number of hydrogen-bond donors (Lipinski definition) is 4. The summed E-state index contributed by atoms with van der Waals surface area (Å²) in [6.07, 6.45) is -2.27. The van der Waals surface area contributed by atoms with Crippen molar-refractivity contribution in [3.63, 3.8) is 0 Å². The summed E-state index contributed by atoms with van der Waals surface area (Å²) in [5.74, 6) is 0. The van der Waals surface area contributed by atoms with Crippen LogP contribution in [0.15, 0.2) is 29.2 Å². The van der Waals surface area contributed by atoms with Gasteiger partial charge in [-0.2, -0.15) is 0 Å². The van der Waals surface area contributed by atoms with E-state index in [1.807, 2.05) is 0 Å². The van der Waals surface area contributed by atoms with Crippen molar-refractivity contribution in [2.75, 3.05) is 0 Å². The van der Waals surface area contributed by atoms with Crippen molar-refractivity contribution in [3.05, 3.63) is 34.4 Å². The number of nitrogens with zero attached hydrogens (tertiary/aromatic N) is 1. The van der Waals surface area contributed by atoms with E-state index in [4.69, 9.17) is 5.11 Å². The molecule has 1 aromatic carbocycles. The minimum Gasteiger partial charge on any atom is -0.465 e. The maximum Gasteiger partial charge on any atom is 0.404 e. The minimum atomic E-state index is -4.23. The molecule has 23 heavy (non-hydrogen) atoms. The largest absolute Gasteiger partial charge is 0.465 e. The average Bonchev–Trinajstić information content (AvgIpc) is 2.77. The van der Waals surface area contributed by atoms with Gasteiger partial charge >= 0.3 is 6.09 Å². The number of amides is 1. The summed E-state index contributed by atoms with van der Waals surface area (Å²) in [5.41, 5.74) is -0.576. The van der Waals surface area contributed by atoms with Crippen molar-refractivity contribution in [1.29, 1.82) is 0 Å². The van der Waals surface area contributed by atoms with Gasteiger partial charge in [0.25, 0.3) is 5.69 Å². The Morgan fingerprint density at radius 3 is 2.57 bits per heavy atom. The minimum absolute atomic E-state index is 0.0489. The molecule has 0 heterocycles. The zero-order chi connectivity index (χ0) is 17.2. The lowest BCUT2D eigenvalue weighted by atomic mass is 10.2. The zero-order valence-corrected chi connectivity index (χ0v) is 12.6. The van der Waals surface area contributed by atoms with Gasteiger partial charge in [0.15, 0.2) is 4.90 Å². The fourth-order valence-electron chi connectivity index (χ4n) is 2.53. The number of aliphatic hydroxyl groups excluding tert-OH is 1. The van der Waals surface area contributed by atoms with E-state index in [-0.39, 0.29) is 12.8 Å². The lowest BCUT2D eigenvalue weighted by molar-refractivity contribution is -0.387. The standard InChI is InChI=1S/C12H15N3O7S/c16-10-6-7(13-12(17)18)5-8(10)14-23(21,22)11-4-2-1-3-9(11)15(19)20/h1-4,7-8,10,13-14,16H,5-6H2,(H,17,18)/t7-,8+,10+/m1/s1. The highest BCUT2D eigenvalue weighted by atomic mass is 32.2. The number of rotatable bonds is 5. The molecular weight excluding hydrogens is 330 g/mol. The van der Waals surface area contributed by atoms with E-state index in [0.717, 1.165) is 12.1 Å². The maximum absolute atomic E-state index is 12.3. The van der Waals surface area contributed by atoms with Gasteiger partial charge in [0.05, 0.1) is 17.1 Å². The van der Waals surface area contributed by atoms with Crippen molar-refractivity contribution in [2.24, 2.45) is 0 Å². The number of nitrogens with one attached hydrogen (secondary N) is 2. The Morgan fingerprint density at radius 1 is 1.30 bits per heavy atom. The number of carboxylic acid groups (broad SMARTS) is 1. The fourth-order valence-corrected chi connectivity index (χ4v) is 3.99. The van der Waals surface area contributed by atoms with E-state index in [0.29, 0.717) is 0 Å². The number of nitro benzene ring substituents is 1. The fraction of sp³-hybridized carbons (Fsp3) is 0.417. The lowest BCUT2D eigenvalue weighted by Crippen LogP contribution is -2.40. The molecule has 0 saturated heterocycles. The van der Waals surface area contributed by atoms with Crippen LogP contribution in [0.4, 0.5) is 10.5 Å². The molecule has 1 fully saturated rings. The van der Waals surface area contributed by atoms with E-state index >= 15 is 0 Å². The van der Waals surface area contributed by atoms with Crippen LogP contribution in [0, 0.1) is 10.1 Å². The molecule has 1 amide bonds. The highest BCUT2D eigenvalue weighted by Crippen LogP contribution is 2.26. The van der Waals surface area contributed by atoms with Gasteiger partial charge < -0.3 is 15.5 Å². The first-order chi connectivity index (χ1) is 10.7.